The lowest BCUT2D eigenvalue weighted by Gasteiger charge is -2.13. The molecule has 0 saturated heterocycles. The Morgan fingerprint density at radius 2 is 1.04 bits per heavy atom. The molecule has 0 N–H and O–H groups in total. The number of benzene rings is 7. The average molecular weight is 663 g/mol. The first kappa shape index (κ1) is 29.7. The van der Waals surface area contributed by atoms with Crippen molar-refractivity contribution in [3.8, 4) is 51.1 Å². The molecule has 10 rings (SSSR count). The second kappa shape index (κ2) is 12.0. The molecule has 4 heteroatoms. The molecule has 0 radical (unpaired) electrons. The highest BCUT2D eigenvalue weighted by molar-refractivity contribution is 6.26. The maximum atomic E-state index is 9.91. The van der Waals surface area contributed by atoms with Crippen LogP contribution in [0.3, 0.4) is 0 Å². The van der Waals surface area contributed by atoms with Gasteiger partial charge in [0.25, 0.3) is 0 Å². The third-order valence-electron chi connectivity index (χ3n) is 10.1. The lowest BCUT2D eigenvalue weighted by atomic mass is 10.00. The Kier molecular flexibility index (Phi) is 6.84. The maximum absolute atomic E-state index is 9.91. The zero-order chi connectivity index (χ0) is 34.6. The Morgan fingerprint density at radius 1 is 0.404 bits per heavy atom. The lowest BCUT2D eigenvalue weighted by molar-refractivity contribution is 1.17. The highest BCUT2D eigenvalue weighted by atomic mass is 15.0. The first-order valence-corrected chi connectivity index (χ1v) is 17.4. The largest absolute Gasteiger partial charge is 0.309 e. The summed E-state index contributed by atoms with van der Waals surface area (Å²) >= 11 is 0. The van der Waals surface area contributed by atoms with E-state index in [1.165, 1.54) is 10.8 Å². The van der Waals surface area contributed by atoms with E-state index in [-0.39, 0.29) is 0 Å². The molecule has 0 saturated carbocycles. The van der Waals surface area contributed by atoms with Crippen molar-refractivity contribution in [3.05, 3.63) is 188 Å². The summed E-state index contributed by atoms with van der Waals surface area (Å²) in [6.45, 7) is 0. The molecule has 4 nitrogen and oxygen atoms in total. The minimum absolute atomic E-state index is 0.636. The van der Waals surface area contributed by atoms with Crippen LogP contribution in [0.2, 0.25) is 0 Å². The smallest absolute Gasteiger partial charge is 0.0992 e. The first-order valence-electron chi connectivity index (χ1n) is 17.4. The van der Waals surface area contributed by atoms with Gasteiger partial charge in [-0.15, -0.1) is 0 Å². The van der Waals surface area contributed by atoms with Crippen LogP contribution < -0.4 is 0 Å². The van der Waals surface area contributed by atoms with Crippen LogP contribution in [0.15, 0.2) is 182 Å². The van der Waals surface area contributed by atoms with Crippen molar-refractivity contribution in [2.24, 2.45) is 0 Å². The number of para-hydroxylation sites is 2. The predicted octanol–water partition coefficient (Wildman–Crippen LogP) is 12.1. The molecule has 52 heavy (non-hydrogen) atoms. The zero-order valence-corrected chi connectivity index (χ0v) is 28.1. The average Bonchev–Trinajstić information content (AvgIpc) is 3.74. The van der Waals surface area contributed by atoms with Crippen molar-refractivity contribution in [2.75, 3.05) is 0 Å². The molecular formula is C48H30N4. The van der Waals surface area contributed by atoms with Gasteiger partial charge in [0.05, 0.1) is 45.1 Å². The molecule has 3 aromatic heterocycles. The second-order valence-electron chi connectivity index (χ2n) is 13.1. The van der Waals surface area contributed by atoms with E-state index in [4.69, 9.17) is 4.98 Å². The minimum atomic E-state index is 0.636. The van der Waals surface area contributed by atoms with Crippen LogP contribution in [0, 0.1) is 11.3 Å². The standard InChI is InChI=1S/C48H30N4/c49-31-32-23-24-41-46(27-32)51(37-18-8-3-9-19-37)45-26-25-40-39-21-10-11-22-44(39)52(48(40)47(41)45)38-20-12-17-35(28-38)43-30-36(33-13-4-1-5-14-33)29-42(50-43)34-15-6-2-7-16-34/h1-30H. The normalized spacial score (nSPS) is 11.4. The van der Waals surface area contributed by atoms with E-state index in [0.29, 0.717) is 5.56 Å². The van der Waals surface area contributed by atoms with Crippen molar-refractivity contribution < 1.29 is 0 Å². The molecule has 0 spiro atoms. The summed E-state index contributed by atoms with van der Waals surface area (Å²) in [5, 5.41) is 14.5. The van der Waals surface area contributed by atoms with Gasteiger partial charge >= 0.3 is 0 Å². The summed E-state index contributed by atoms with van der Waals surface area (Å²) in [6.07, 6.45) is 0. The topological polar surface area (TPSA) is 46.5 Å². The van der Waals surface area contributed by atoms with E-state index in [2.05, 4.69) is 173 Å². The fourth-order valence-electron chi connectivity index (χ4n) is 7.79. The van der Waals surface area contributed by atoms with E-state index in [9.17, 15) is 5.26 Å². The molecule has 0 fully saturated rings. The van der Waals surface area contributed by atoms with E-state index in [1.807, 2.05) is 24.3 Å². The van der Waals surface area contributed by atoms with Crippen LogP contribution in [0.4, 0.5) is 0 Å². The molecule has 0 bridgehead atoms. The number of hydrogen-bond donors (Lipinski definition) is 0. The van der Waals surface area contributed by atoms with Crippen molar-refractivity contribution >= 4 is 43.6 Å². The molecule has 0 atom stereocenters. The molecule has 7 aromatic carbocycles. The van der Waals surface area contributed by atoms with Crippen LogP contribution in [-0.4, -0.2) is 14.1 Å². The Morgan fingerprint density at radius 3 is 1.81 bits per heavy atom. The number of hydrogen-bond acceptors (Lipinski definition) is 2. The summed E-state index contributed by atoms with van der Waals surface area (Å²) in [5.74, 6) is 0. The molecular weight excluding hydrogens is 633 g/mol. The third kappa shape index (κ3) is 4.72. The van der Waals surface area contributed by atoms with Crippen LogP contribution >= 0.6 is 0 Å². The Hall–Kier alpha value is -7.22. The molecule has 0 amide bonds. The van der Waals surface area contributed by atoms with E-state index in [1.54, 1.807) is 0 Å². The number of pyridine rings is 1. The number of rotatable bonds is 5. The minimum Gasteiger partial charge on any atom is -0.309 e. The van der Waals surface area contributed by atoms with Gasteiger partial charge in [-0.05, 0) is 71.8 Å². The van der Waals surface area contributed by atoms with Gasteiger partial charge in [0.2, 0.25) is 0 Å². The quantitative estimate of drug-likeness (QED) is 0.184. The number of aromatic nitrogens is 3. The summed E-state index contributed by atoms with van der Waals surface area (Å²) in [6, 6.07) is 66.0. The van der Waals surface area contributed by atoms with Crippen molar-refractivity contribution in [2.45, 2.75) is 0 Å². The monoisotopic (exact) mass is 662 g/mol. The van der Waals surface area contributed by atoms with Gasteiger partial charge < -0.3 is 9.13 Å². The van der Waals surface area contributed by atoms with Crippen LogP contribution in [0.5, 0.6) is 0 Å². The SMILES string of the molecule is N#Cc1ccc2c3c(ccc4c5ccccc5n(-c5cccc(-c6cc(-c7ccccc7)cc(-c7ccccc7)n6)c5)c43)n(-c3ccccc3)c2c1. The Bertz CT molecular complexity index is 2940. The molecule has 0 unspecified atom stereocenters. The van der Waals surface area contributed by atoms with Gasteiger partial charge in [-0.3, -0.25) is 0 Å². The fourth-order valence-corrected chi connectivity index (χ4v) is 7.79. The van der Waals surface area contributed by atoms with Gasteiger partial charge in [0, 0.05) is 44.0 Å². The summed E-state index contributed by atoms with van der Waals surface area (Å²) in [5.41, 5.74) is 13.4. The number of fused-ring (bicyclic) bond motifs is 7. The Balaban J connectivity index is 1.26. The maximum Gasteiger partial charge on any atom is 0.0992 e. The van der Waals surface area contributed by atoms with E-state index >= 15 is 0 Å². The van der Waals surface area contributed by atoms with E-state index in [0.717, 1.165) is 77.9 Å². The fraction of sp³-hybridized carbons (Fsp3) is 0. The predicted molar refractivity (Wildman–Crippen MR) is 214 cm³/mol. The highest BCUT2D eigenvalue weighted by Crippen LogP contribution is 2.42. The zero-order valence-electron chi connectivity index (χ0n) is 28.1. The third-order valence-corrected chi connectivity index (χ3v) is 10.1. The van der Waals surface area contributed by atoms with Gasteiger partial charge in [0.15, 0.2) is 0 Å². The van der Waals surface area contributed by atoms with Crippen molar-refractivity contribution in [1.82, 2.24) is 14.1 Å². The van der Waals surface area contributed by atoms with Crippen LogP contribution in [-0.2, 0) is 0 Å². The highest BCUT2D eigenvalue weighted by Gasteiger charge is 2.21. The molecule has 10 aromatic rings. The van der Waals surface area contributed by atoms with E-state index < -0.39 is 0 Å². The van der Waals surface area contributed by atoms with Crippen LogP contribution in [0.1, 0.15) is 5.56 Å². The number of nitriles is 1. The van der Waals surface area contributed by atoms with Crippen LogP contribution in [0.25, 0.3) is 88.6 Å². The van der Waals surface area contributed by atoms with Gasteiger partial charge in [0.1, 0.15) is 0 Å². The van der Waals surface area contributed by atoms with Crippen molar-refractivity contribution in [3.63, 3.8) is 0 Å². The van der Waals surface area contributed by atoms with Crippen molar-refractivity contribution in [1.29, 1.82) is 5.26 Å². The Labute approximate surface area is 300 Å². The summed E-state index contributed by atoms with van der Waals surface area (Å²) in [7, 11) is 0. The molecule has 242 valence electrons. The molecule has 0 aliphatic heterocycles. The molecule has 3 heterocycles. The lowest BCUT2D eigenvalue weighted by Crippen LogP contribution is -1.97. The summed E-state index contributed by atoms with van der Waals surface area (Å²) < 4.78 is 4.69. The van der Waals surface area contributed by atoms with Gasteiger partial charge in [-0.1, -0.05) is 121 Å². The molecule has 0 aliphatic rings. The molecule has 0 aliphatic carbocycles. The second-order valence-corrected chi connectivity index (χ2v) is 13.1. The van der Waals surface area contributed by atoms with Gasteiger partial charge in [-0.25, -0.2) is 4.98 Å². The number of nitrogens with zero attached hydrogens (tertiary/aromatic N) is 4. The first-order chi connectivity index (χ1) is 25.7. The van der Waals surface area contributed by atoms with Gasteiger partial charge in [-0.2, -0.15) is 5.26 Å². The summed E-state index contributed by atoms with van der Waals surface area (Å²) in [4.78, 5) is 5.25.